The van der Waals surface area contributed by atoms with Gasteiger partial charge in [-0.05, 0) is 24.2 Å². The van der Waals surface area contributed by atoms with Crippen molar-refractivity contribution in [2.24, 2.45) is 0 Å². The van der Waals surface area contributed by atoms with Crippen molar-refractivity contribution in [1.29, 1.82) is 0 Å². The van der Waals surface area contributed by atoms with Crippen LogP contribution in [0.1, 0.15) is 18.9 Å². The molecule has 0 aliphatic heterocycles. The van der Waals surface area contributed by atoms with Crippen LogP contribution < -0.4 is 10.6 Å². The van der Waals surface area contributed by atoms with Crippen LogP contribution in [0.3, 0.4) is 0 Å². The van der Waals surface area contributed by atoms with Crippen molar-refractivity contribution in [3.05, 3.63) is 29.8 Å². The molecule has 0 heterocycles. The SMILES string of the molecule is CCNCc1ccc(NC(=O)CCOCC(F)F)cc1. The molecule has 0 aromatic heterocycles. The Balaban J connectivity index is 2.27. The summed E-state index contributed by atoms with van der Waals surface area (Å²) in [5.41, 5.74) is 1.81. The van der Waals surface area contributed by atoms with Crippen LogP contribution in [0.5, 0.6) is 0 Å². The largest absolute Gasteiger partial charge is 0.375 e. The first-order chi connectivity index (χ1) is 9.61. The summed E-state index contributed by atoms with van der Waals surface area (Å²) < 4.78 is 28.3. The van der Waals surface area contributed by atoms with Crippen molar-refractivity contribution < 1.29 is 18.3 Å². The van der Waals surface area contributed by atoms with Crippen molar-refractivity contribution in [2.45, 2.75) is 26.3 Å². The molecule has 0 aliphatic carbocycles. The van der Waals surface area contributed by atoms with E-state index in [1.807, 2.05) is 31.2 Å². The molecule has 0 spiro atoms. The van der Waals surface area contributed by atoms with Crippen molar-refractivity contribution >= 4 is 11.6 Å². The Bertz CT molecular complexity index is 397. The van der Waals surface area contributed by atoms with E-state index < -0.39 is 13.0 Å². The fourth-order valence-corrected chi connectivity index (χ4v) is 1.54. The van der Waals surface area contributed by atoms with Crippen molar-refractivity contribution in [3.8, 4) is 0 Å². The summed E-state index contributed by atoms with van der Waals surface area (Å²) in [6.07, 6.45) is -2.44. The first kappa shape index (κ1) is 16.5. The van der Waals surface area contributed by atoms with Crippen LogP contribution >= 0.6 is 0 Å². The number of ether oxygens (including phenoxy) is 1. The van der Waals surface area contributed by atoms with Gasteiger partial charge < -0.3 is 15.4 Å². The fraction of sp³-hybridized carbons (Fsp3) is 0.500. The zero-order chi connectivity index (χ0) is 14.8. The lowest BCUT2D eigenvalue weighted by atomic mass is 10.2. The van der Waals surface area contributed by atoms with E-state index >= 15 is 0 Å². The Hall–Kier alpha value is -1.53. The first-order valence-electron chi connectivity index (χ1n) is 6.57. The van der Waals surface area contributed by atoms with Crippen LogP contribution in [0.15, 0.2) is 24.3 Å². The summed E-state index contributed by atoms with van der Waals surface area (Å²) >= 11 is 0. The fourth-order valence-electron chi connectivity index (χ4n) is 1.54. The average molecular weight is 286 g/mol. The third-order valence-electron chi connectivity index (χ3n) is 2.53. The van der Waals surface area contributed by atoms with Gasteiger partial charge in [-0.3, -0.25) is 4.79 Å². The van der Waals surface area contributed by atoms with Gasteiger partial charge in [-0.1, -0.05) is 19.1 Å². The number of carbonyl (C=O) groups excluding carboxylic acids is 1. The minimum atomic E-state index is -2.50. The van der Waals surface area contributed by atoms with E-state index in [0.29, 0.717) is 5.69 Å². The summed E-state index contributed by atoms with van der Waals surface area (Å²) in [6.45, 7) is 3.08. The maximum atomic E-state index is 11.8. The van der Waals surface area contributed by atoms with Crippen LogP contribution in [0.2, 0.25) is 0 Å². The lowest BCUT2D eigenvalue weighted by Crippen LogP contribution is -2.16. The molecule has 0 saturated carbocycles. The summed E-state index contributed by atoms with van der Waals surface area (Å²) in [5, 5.41) is 5.89. The zero-order valence-corrected chi connectivity index (χ0v) is 11.5. The topological polar surface area (TPSA) is 50.4 Å². The van der Waals surface area contributed by atoms with Gasteiger partial charge in [0.25, 0.3) is 6.43 Å². The third kappa shape index (κ3) is 7.16. The molecule has 6 heteroatoms. The monoisotopic (exact) mass is 286 g/mol. The number of benzene rings is 1. The van der Waals surface area contributed by atoms with Crippen molar-refractivity contribution in [3.63, 3.8) is 0 Å². The standard InChI is InChI=1S/C14H20F2N2O2/c1-2-17-9-11-3-5-12(6-4-11)18-14(19)7-8-20-10-13(15)16/h3-6,13,17H,2,7-10H2,1H3,(H,18,19). The summed E-state index contributed by atoms with van der Waals surface area (Å²) in [5.74, 6) is -0.251. The number of hydrogen-bond acceptors (Lipinski definition) is 3. The highest BCUT2D eigenvalue weighted by atomic mass is 19.3. The van der Waals surface area contributed by atoms with E-state index in [9.17, 15) is 13.6 Å². The minimum Gasteiger partial charge on any atom is -0.375 e. The van der Waals surface area contributed by atoms with Gasteiger partial charge in [0.1, 0.15) is 6.61 Å². The lowest BCUT2D eigenvalue weighted by molar-refractivity contribution is -0.117. The van der Waals surface area contributed by atoms with E-state index in [-0.39, 0.29) is 18.9 Å². The van der Waals surface area contributed by atoms with Gasteiger partial charge in [-0.2, -0.15) is 0 Å². The quantitative estimate of drug-likeness (QED) is 0.685. The molecular formula is C14H20F2N2O2. The molecule has 0 fully saturated rings. The summed E-state index contributed by atoms with van der Waals surface area (Å²) in [4.78, 5) is 11.5. The van der Waals surface area contributed by atoms with E-state index in [0.717, 1.165) is 18.7 Å². The number of nitrogens with one attached hydrogen (secondary N) is 2. The van der Waals surface area contributed by atoms with Gasteiger partial charge >= 0.3 is 0 Å². The molecule has 4 nitrogen and oxygen atoms in total. The van der Waals surface area contributed by atoms with E-state index in [2.05, 4.69) is 15.4 Å². The van der Waals surface area contributed by atoms with Gasteiger partial charge in [-0.25, -0.2) is 8.78 Å². The second kappa shape index (κ2) is 9.39. The molecular weight excluding hydrogens is 266 g/mol. The molecule has 0 saturated heterocycles. The van der Waals surface area contributed by atoms with Gasteiger partial charge in [0.2, 0.25) is 5.91 Å². The second-order valence-corrected chi connectivity index (χ2v) is 4.24. The summed E-state index contributed by atoms with van der Waals surface area (Å²) in [6, 6.07) is 7.46. The Morgan fingerprint density at radius 2 is 2.00 bits per heavy atom. The van der Waals surface area contributed by atoms with Crippen LogP contribution in [-0.4, -0.2) is 32.1 Å². The van der Waals surface area contributed by atoms with Crippen LogP contribution in [-0.2, 0) is 16.1 Å². The smallest absolute Gasteiger partial charge is 0.261 e. The van der Waals surface area contributed by atoms with Crippen LogP contribution in [0.4, 0.5) is 14.5 Å². The Labute approximate surface area is 117 Å². The number of halogens is 2. The van der Waals surface area contributed by atoms with Gasteiger partial charge in [0.05, 0.1) is 13.0 Å². The molecule has 0 aliphatic rings. The lowest BCUT2D eigenvalue weighted by Gasteiger charge is -2.07. The molecule has 0 bridgehead atoms. The highest BCUT2D eigenvalue weighted by molar-refractivity contribution is 5.90. The predicted molar refractivity (Wildman–Crippen MR) is 73.9 cm³/mol. The van der Waals surface area contributed by atoms with Crippen LogP contribution in [0, 0.1) is 0 Å². The number of amides is 1. The molecule has 1 rings (SSSR count). The molecule has 20 heavy (non-hydrogen) atoms. The van der Waals surface area contributed by atoms with E-state index in [1.165, 1.54) is 0 Å². The Kier molecular flexibility index (Phi) is 7.75. The Morgan fingerprint density at radius 1 is 1.30 bits per heavy atom. The maximum absolute atomic E-state index is 11.8. The number of anilines is 1. The number of alkyl halides is 2. The zero-order valence-electron chi connectivity index (χ0n) is 11.5. The maximum Gasteiger partial charge on any atom is 0.261 e. The van der Waals surface area contributed by atoms with Crippen molar-refractivity contribution in [1.82, 2.24) is 5.32 Å². The molecule has 1 amide bonds. The molecule has 0 atom stereocenters. The Morgan fingerprint density at radius 3 is 2.60 bits per heavy atom. The molecule has 0 radical (unpaired) electrons. The van der Waals surface area contributed by atoms with E-state index in [1.54, 1.807) is 0 Å². The van der Waals surface area contributed by atoms with Gasteiger partial charge in [0, 0.05) is 12.2 Å². The van der Waals surface area contributed by atoms with Crippen molar-refractivity contribution in [2.75, 3.05) is 25.1 Å². The molecule has 1 aromatic carbocycles. The third-order valence-corrected chi connectivity index (χ3v) is 2.53. The highest BCUT2D eigenvalue weighted by Gasteiger charge is 2.05. The number of hydrogen-bond donors (Lipinski definition) is 2. The predicted octanol–water partition coefficient (Wildman–Crippen LogP) is 2.41. The molecule has 2 N–H and O–H groups in total. The number of carbonyl (C=O) groups is 1. The normalized spacial score (nSPS) is 10.8. The highest BCUT2D eigenvalue weighted by Crippen LogP contribution is 2.09. The van der Waals surface area contributed by atoms with Gasteiger partial charge in [0.15, 0.2) is 0 Å². The average Bonchev–Trinajstić information content (AvgIpc) is 2.43. The van der Waals surface area contributed by atoms with Crippen LogP contribution in [0.25, 0.3) is 0 Å². The number of rotatable bonds is 9. The molecule has 1 aromatic rings. The molecule has 0 unspecified atom stereocenters. The van der Waals surface area contributed by atoms with E-state index in [4.69, 9.17) is 0 Å². The molecule has 112 valence electrons. The van der Waals surface area contributed by atoms with Gasteiger partial charge in [-0.15, -0.1) is 0 Å². The summed E-state index contributed by atoms with van der Waals surface area (Å²) in [7, 11) is 0. The minimum absolute atomic E-state index is 0.00528. The second-order valence-electron chi connectivity index (χ2n) is 4.24. The first-order valence-corrected chi connectivity index (χ1v) is 6.57.